The Balaban J connectivity index is 0.901. The van der Waals surface area contributed by atoms with E-state index < -0.39 is 35.6 Å². The number of hydrogen-bond acceptors (Lipinski definition) is 12. The second kappa shape index (κ2) is 17.9. The van der Waals surface area contributed by atoms with Crippen LogP contribution in [-0.4, -0.2) is 80.8 Å². The fourth-order valence-electron chi connectivity index (χ4n) is 7.10. The lowest BCUT2D eigenvalue weighted by molar-refractivity contribution is -0.274. The first kappa shape index (κ1) is 44.0. The fourth-order valence-corrected chi connectivity index (χ4v) is 9.32. The number of amides is 3. The zero-order valence-corrected chi connectivity index (χ0v) is 36.9. The van der Waals surface area contributed by atoms with Crippen molar-refractivity contribution in [1.29, 1.82) is 0 Å². The van der Waals surface area contributed by atoms with Gasteiger partial charge in [0.15, 0.2) is 17.0 Å². The Hall–Kier alpha value is -6.62. The molecule has 6 aromatic rings. The summed E-state index contributed by atoms with van der Waals surface area (Å²) in [6.07, 6.45) is -4.97. The molecule has 1 unspecified atom stereocenters. The Morgan fingerprint density at radius 2 is 1.73 bits per heavy atom. The summed E-state index contributed by atoms with van der Waals surface area (Å²) >= 11 is 9.01. The Morgan fingerprint density at radius 1 is 1.00 bits per heavy atom. The molecule has 4 N–H and O–H groups in total. The van der Waals surface area contributed by atoms with Gasteiger partial charge >= 0.3 is 6.36 Å². The maximum absolute atomic E-state index is 13.0. The van der Waals surface area contributed by atoms with E-state index in [1.807, 2.05) is 62.4 Å². The van der Waals surface area contributed by atoms with Crippen LogP contribution in [0.5, 0.6) is 5.75 Å². The predicted molar refractivity (Wildman–Crippen MR) is 241 cm³/mol. The smallest absolute Gasteiger partial charge is 0.405 e. The van der Waals surface area contributed by atoms with Gasteiger partial charge in [0.25, 0.3) is 11.8 Å². The van der Waals surface area contributed by atoms with Gasteiger partial charge in [-0.05, 0) is 75.6 Å². The van der Waals surface area contributed by atoms with Crippen molar-refractivity contribution >= 4 is 85.4 Å². The molecule has 20 heteroatoms. The molecule has 0 radical (unpaired) electrons. The highest BCUT2D eigenvalue weighted by Gasteiger charge is 2.44. The van der Waals surface area contributed by atoms with Crippen molar-refractivity contribution in [2.24, 2.45) is 10.1 Å². The molecule has 0 aliphatic carbocycles. The van der Waals surface area contributed by atoms with Crippen molar-refractivity contribution in [2.75, 3.05) is 23.7 Å². The number of fused-ring (bicyclic) bond motifs is 6. The average Bonchev–Trinajstić information content (AvgIpc) is 3.89. The van der Waals surface area contributed by atoms with Gasteiger partial charge in [0.1, 0.15) is 16.4 Å². The van der Waals surface area contributed by atoms with Crippen LogP contribution < -0.4 is 31.0 Å². The van der Waals surface area contributed by atoms with Gasteiger partial charge in [-0.3, -0.25) is 29.7 Å². The second-order valence-corrected chi connectivity index (χ2v) is 17.6. The third-order valence-corrected chi connectivity index (χ3v) is 12.5. The number of rotatable bonds is 11. The number of para-hydroxylation sites is 2. The summed E-state index contributed by atoms with van der Waals surface area (Å²) in [5, 5.41) is 20.1. The molecule has 0 bridgehead atoms. The van der Waals surface area contributed by atoms with Crippen LogP contribution >= 0.6 is 34.7 Å². The number of carbonyl (C=O) groups is 3. The third kappa shape index (κ3) is 9.35. The van der Waals surface area contributed by atoms with Gasteiger partial charge < -0.3 is 20.7 Å². The minimum atomic E-state index is -4.97. The van der Waals surface area contributed by atoms with Gasteiger partial charge in [0, 0.05) is 39.5 Å². The van der Waals surface area contributed by atoms with Crippen molar-refractivity contribution in [3.63, 3.8) is 0 Å². The first-order chi connectivity index (χ1) is 30.6. The first-order valence-corrected chi connectivity index (χ1v) is 21.9. The van der Waals surface area contributed by atoms with E-state index in [4.69, 9.17) is 21.6 Å². The summed E-state index contributed by atoms with van der Waals surface area (Å²) in [4.78, 5) is 52.0. The standard InChI is InChI=1S/C44H38ClF3N10O4S2/c1-24-25(2)64-41-37(24)38(26-13-15-27(45)16-14-26)52-32(39-54-56-43(3,4)57(39)41)17-18-35(59)49-19-20-50-36(60)23-63-42-53-31-11-7-5-9-29(31)33-21-28(55-58(33)42)22-51-40(61)30-10-6-8-12-34(30)62-44(46,47)48/h5-16,21,32,56H,19-20,22-23H2,1-4H3,(H,49,59)(H,50,60)(H,51,61). The highest BCUT2D eigenvalue weighted by molar-refractivity contribution is 7.99. The highest BCUT2D eigenvalue weighted by atomic mass is 35.5. The molecule has 1 atom stereocenters. The number of ether oxygens (including phenoxy) is 1. The molecule has 3 aromatic carbocycles. The summed E-state index contributed by atoms with van der Waals surface area (Å²) in [6.45, 7) is 8.27. The fraction of sp³-hybridized carbons (Fsp3) is 0.250. The molecule has 0 spiro atoms. The van der Waals surface area contributed by atoms with E-state index in [1.165, 1.54) is 18.2 Å². The molecule has 2 aliphatic rings. The molecule has 14 nitrogen and oxygen atoms in total. The van der Waals surface area contributed by atoms with Gasteiger partial charge in [0.05, 0.1) is 40.3 Å². The molecule has 0 saturated carbocycles. The Morgan fingerprint density at radius 3 is 2.52 bits per heavy atom. The maximum Gasteiger partial charge on any atom is 0.573 e. The van der Waals surface area contributed by atoms with E-state index in [9.17, 15) is 27.6 Å². The van der Waals surface area contributed by atoms with Crippen molar-refractivity contribution in [1.82, 2.24) is 36.0 Å². The molecule has 8 rings (SSSR count). The molecule has 5 heterocycles. The van der Waals surface area contributed by atoms with Crippen LogP contribution in [0.2, 0.25) is 5.02 Å². The summed E-state index contributed by atoms with van der Waals surface area (Å²) in [6, 6.07) is 20.8. The van der Waals surface area contributed by atoms with Gasteiger partial charge in [-0.2, -0.15) is 10.2 Å². The molecular formula is C44H38ClF3N10O4S2. The van der Waals surface area contributed by atoms with Gasteiger partial charge in [-0.25, -0.2) is 9.50 Å². The Bertz CT molecular complexity index is 2960. The van der Waals surface area contributed by atoms with Gasteiger partial charge in [-0.1, -0.05) is 71.7 Å². The normalized spacial score (nSPS) is 15.2. The lowest BCUT2D eigenvalue weighted by Gasteiger charge is -2.32. The molecule has 3 aromatic heterocycles. The number of halogens is 4. The Kier molecular flexibility index (Phi) is 12.3. The topological polar surface area (TPSA) is 167 Å². The van der Waals surface area contributed by atoms with Crippen LogP contribution in [0.4, 0.5) is 18.2 Å². The van der Waals surface area contributed by atoms with Crippen molar-refractivity contribution in [2.45, 2.75) is 57.5 Å². The number of nitrogens with one attached hydrogen (secondary N) is 4. The number of alkyl halides is 3. The minimum absolute atomic E-state index is 0.0424. The van der Waals surface area contributed by atoms with E-state index in [1.54, 1.807) is 21.9 Å². The number of aliphatic imine (C=N–C) groups is 1. The zero-order valence-electron chi connectivity index (χ0n) is 34.6. The van der Waals surface area contributed by atoms with E-state index in [0.29, 0.717) is 32.7 Å². The number of anilines is 1. The number of thioether (sulfide) groups is 1. The number of nitrogens with zero attached hydrogens (tertiary/aromatic N) is 6. The molecule has 2 aliphatic heterocycles. The van der Waals surface area contributed by atoms with E-state index in [2.05, 4.69) is 66.9 Å². The lowest BCUT2D eigenvalue weighted by Crippen LogP contribution is -2.51. The molecular weight excluding hydrogens is 889 g/mol. The van der Waals surface area contributed by atoms with Crippen LogP contribution in [0, 0.1) is 25.7 Å². The summed E-state index contributed by atoms with van der Waals surface area (Å²) in [7, 11) is 0. The summed E-state index contributed by atoms with van der Waals surface area (Å²) in [5.41, 5.74) is 7.63. The number of thiophene rings is 1. The van der Waals surface area contributed by atoms with Crippen LogP contribution in [0.3, 0.4) is 0 Å². The second-order valence-electron chi connectivity index (χ2n) is 15.1. The average molecular weight is 927 g/mol. The van der Waals surface area contributed by atoms with E-state index in [-0.39, 0.29) is 36.9 Å². The largest absolute Gasteiger partial charge is 0.573 e. The molecule has 0 fully saturated rings. The molecule has 0 saturated heterocycles. The number of amidine groups is 1. The molecule has 328 valence electrons. The number of carbonyl (C=O) groups excluding carboxylic acids is 3. The molecule has 64 heavy (non-hydrogen) atoms. The van der Waals surface area contributed by atoms with Crippen molar-refractivity contribution in [3.8, 4) is 17.6 Å². The van der Waals surface area contributed by atoms with Crippen LogP contribution in [0.25, 0.3) is 16.4 Å². The first-order valence-electron chi connectivity index (χ1n) is 19.7. The van der Waals surface area contributed by atoms with Gasteiger partial charge in [-0.15, -0.1) is 24.5 Å². The monoisotopic (exact) mass is 926 g/mol. The SMILES string of the molecule is Cc1sc2c(c1C)C(c1ccc(Cl)cc1)=NC(C#CC(=O)NCCNC(=O)CSc1nc3ccccc3c3cc(CNC(=O)c4ccccc4OC(F)(F)F)nn13)C1=NNC(C)(C)N12. The van der Waals surface area contributed by atoms with Crippen LogP contribution in [0.1, 0.15) is 51.5 Å². The molecule has 3 amide bonds. The summed E-state index contributed by atoms with van der Waals surface area (Å²) in [5.74, 6) is 3.95. The highest BCUT2D eigenvalue weighted by Crippen LogP contribution is 2.43. The van der Waals surface area contributed by atoms with Gasteiger partial charge in [0.2, 0.25) is 5.91 Å². The van der Waals surface area contributed by atoms with E-state index >= 15 is 0 Å². The number of hydrogen-bond donors (Lipinski definition) is 4. The quantitative estimate of drug-likeness (QED) is 0.0476. The number of aromatic nitrogens is 3. The maximum atomic E-state index is 13.0. The predicted octanol–water partition coefficient (Wildman–Crippen LogP) is 6.75. The number of hydrazone groups is 1. The Labute approximate surface area is 377 Å². The van der Waals surface area contributed by atoms with E-state index in [0.717, 1.165) is 55.5 Å². The van der Waals surface area contributed by atoms with Crippen LogP contribution in [0.15, 0.2) is 94.1 Å². The van der Waals surface area contributed by atoms with Crippen LogP contribution in [-0.2, 0) is 16.1 Å². The number of benzene rings is 3. The third-order valence-electron chi connectivity index (χ3n) is 10.2. The minimum Gasteiger partial charge on any atom is -0.405 e. The number of aryl methyl sites for hydroxylation is 1. The summed E-state index contributed by atoms with van der Waals surface area (Å²) < 4.78 is 44.4. The zero-order chi connectivity index (χ0) is 45.3. The lowest BCUT2D eigenvalue weighted by atomic mass is 9.99. The van der Waals surface area contributed by atoms with Crippen molar-refractivity contribution in [3.05, 3.63) is 117 Å². The van der Waals surface area contributed by atoms with Crippen molar-refractivity contribution < 1.29 is 32.3 Å².